The van der Waals surface area contributed by atoms with Crippen molar-refractivity contribution in [3.8, 4) is 0 Å². The van der Waals surface area contributed by atoms with Crippen LogP contribution in [0.15, 0.2) is 0 Å². The molecule has 1 aromatic rings. The number of hydrogen-bond acceptors (Lipinski definition) is 3. The molecule has 2 nitrogen and oxygen atoms in total. The Hall–Kier alpha value is -0.410. The number of hydrogen-bond donors (Lipinski definition) is 1. The van der Waals surface area contributed by atoms with Crippen molar-refractivity contribution >= 4 is 11.3 Å². The summed E-state index contributed by atoms with van der Waals surface area (Å²) >= 11 is 1.79. The molecule has 1 heterocycles. The fourth-order valence-corrected chi connectivity index (χ4v) is 1.98. The van der Waals surface area contributed by atoms with Crippen LogP contribution in [-0.2, 0) is 6.54 Å². The molecule has 1 rings (SSSR count). The lowest BCUT2D eigenvalue weighted by molar-refractivity contribution is 0.425. The first-order valence-electron chi connectivity index (χ1n) is 5.17. The van der Waals surface area contributed by atoms with Crippen LogP contribution in [0.3, 0.4) is 0 Å². The van der Waals surface area contributed by atoms with Gasteiger partial charge in [-0.15, -0.1) is 11.3 Å². The fourth-order valence-electron chi connectivity index (χ4n) is 1.10. The van der Waals surface area contributed by atoms with E-state index >= 15 is 0 Å². The third-order valence-electron chi connectivity index (χ3n) is 2.65. The summed E-state index contributed by atoms with van der Waals surface area (Å²) in [4.78, 5) is 5.83. The first-order chi connectivity index (χ1) is 6.50. The van der Waals surface area contributed by atoms with Crippen LogP contribution in [0.25, 0.3) is 0 Å². The minimum atomic E-state index is 0.555. The average molecular weight is 212 g/mol. The van der Waals surface area contributed by atoms with Crippen LogP contribution in [0.2, 0.25) is 0 Å². The molecule has 0 bridgehead atoms. The molecular weight excluding hydrogens is 192 g/mol. The Morgan fingerprint density at radius 1 is 1.29 bits per heavy atom. The van der Waals surface area contributed by atoms with Gasteiger partial charge in [-0.2, -0.15) is 0 Å². The maximum atomic E-state index is 4.50. The summed E-state index contributed by atoms with van der Waals surface area (Å²) in [6, 6.07) is 0.555. The molecule has 3 heteroatoms. The molecule has 0 saturated heterocycles. The lowest BCUT2D eigenvalue weighted by Gasteiger charge is -2.16. The van der Waals surface area contributed by atoms with Gasteiger partial charge in [0.05, 0.1) is 5.69 Å². The predicted molar refractivity (Wildman–Crippen MR) is 62.7 cm³/mol. The molecule has 0 spiro atoms. The molecule has 0 aromatic carbocycles. The quantitative estimate of drug-likeness (QED) is 0.830. The van der Waals surface area contributed by atoms with Crippen molar-refractivity contribution in [2.24, 2.45) is 5.92 Å². The Morgan fingerprint density at radius 2 is 1.93 bits per heavy atom. The van der Waals surface area contributed by atoms with E-state index in [1.54, 1.807) is 11.3 Å². The van der Waals surface area contributed by atoms with Crippen LogP contribution in [0.5, 0.6) is 0 Å². The van der Waals surface area contributed by atoms with E-state index in [2.05, 4.69) is 44.9 Å². The predicted octanol–water partition coefficient (Wildman–Crippen LogP) is 2.89. The summed E-state index contributed by atoms with van der Waals surface area (Å²) in [6.45, 7) is 11.8. The standard InChI is InChI=1S/C11H20N2S/c1-7(2)8(3)12-6-11-13-9(4)10(5)14-11/h7-8,12H,6H2,1-5H3. The molecule has 0 fully saturated rings. The monoisotopic (exact) mass is 212 g/mol. The first-order valence-corrected chi connectivity index (χ1v) is 5.98. The van der Waals surface area contributed by atoms with Gasteiger partial charge in [-0.25, -0.2) is 4.98 Å². The SMILES string of the molecule is Cc1nc(CNC(C)C(C)C)sc1C. The van der Waals surface area contributed by atoms with Gasteiger partial charge in [0.1, 0.15) is 5.01 Å². The van der Waals surface area contributed by atoms with Gasteiger partial charge in [-0.1, -0.05) is 13.8 Å². The van der Waals surface area contributed by atoms with Crippen LogP contribution in [0.4, 0.5) is 0 Å². The minimum Gasteiger partial charge on any atom is -0.308 e. The maximum absolute atomic E-state index is 4.50. The zero-order chi connectivity index (χ0) is 10.7. The molecule has 0 amide bonds. The number of aromatic nitrogens is 1. The lowest BCUT2D eigenvalue weighted by atomic mass is 10.1. The molecule has 0 saturated carbocycles. The van der Waals surface area contributed by atoms with Gasteiger partial charge < -0.3 is 5.32 Å². The number of nitrogens with zero attached hydrogens (tertiary/aromatic N) is 1. The van der Waals surface area contributed by atoms with Gasteiger partial charge in [0, 0.05) is 17.5 Å². The fraction of sp³-hybridized carbons (Fsp3) is 0.727. The van der Waals surface area contributed by atoms with E-state index in [4.69, 9.17) is 0 Å². The number of thiazole rings is 1. The van der Waals surface area contributed by atoms with E-state index in [-0.39, 0.29) is 0 Å². The Kier molecular flexibility index (Phi) is 4.08. The van der Waals surface area contributed by atoms with Crippen LogP contribution >= 0.6 is 11.3 Å². The van der Waals surface area contributed by atoms with E-state index in [0.29, 0.717) is 12.0 Å². The van der Waals surface area contributed by atoms with Gasteiger partial charge in [-0.05, 0) is 26.7 Å². The highest BCUT2D eigenvalue weighted by atomic mass is 32.1. The molecule has 0 aliphatic heterocycles. The first kappa shape index (κ1) is 11.7. The van der Waals surface area contributed by atoms with Crippen LogP contribution in [-0.4, -0.2) is 11.0 Å². The summed E-state index contributed by atoms with van der Waals surface area (Å²) in [5.41, 5.74) is 1.17. The average Bonchev–Trinajstić information content (AvgIpc) is 2.42. The summed E-state index contributed by atoms with van der Waals surface area (Å²) in [5.74, 6) is 0.678. The third kappa shape index (κ3) is 3.07. The summed E-state index contributed by atoms with van der Waals surface area (Å²) in [5, 5.41) is 4.69. The van der Waals surface area contributed by atoms with E-state index in [9.17, 15) is 0 Å². The van der Waals surface area contributed by atoms with Crippen LogP contribution in [0, 0.1) is 19.8 Å². The Bertz CT molecular complexity index is 272. The number of aryl methyl sites for hydroxylation is 2. The molecule has 1 aromatic heterocycles. The van der Waals surface area contributed by atoms with Gasteiger partial charge >= 0.3 is 0 Å². The molecule has 0 aliphatic carbocycles. The van der Waals surface area contributed by atoms with Gasteiger partial charge in [-0.3, -0.25) is 0 Å². The van der Waals surface area contributed by atoms with Crippen molar-refractivity contribution < 1.29 is 0 Å². The molecule has 1 unspecified atom stereocenters. The molecule has 1 N–H and O–H groups in total. The largest absolute Gasteiger partial charge is 0.308 e. The highest BCUT2D eigenvalue weighted by Crippen LogP contribution is 2.16. The number of rotatable bonds is 4. The normalized spacial score (nSPS) is 13.6. The van der Waals surface area contributed by atoms with E-state index < -0.39 is 0 Å². The second-order valence-electron chi connectivity index (χ2n) is 4.16. The molecule has 14 heavy (non-hydrogen) atoms. The van der Waals surface area contributed by atoms with Gasteiger partial charge in [0.15, 0.2) is 0 Å². The third-order valence-corrected chi connectivity index (χ3v) is 3.72. The van der Waals surface area contributed by atoms with Crippen LogP contribution < -0.4 is 5.32 Å². The van der Waals surface area contributed by atoms with E-state index in [1.165, 1.54) is 15.6 Å². The zero-order valence-corrected chi connectivity index (χ0v) is 10.5. The maximum Gasteiger partial charge on any atom is 0.107 e. The molecule has 0 aliphatic rings. The second-order valence-corrected chi connectivity index (χ2v) is 5.45. The molecule has 1 atom stereocenters. The highest BCUT2D eigenvalue weighted by Gasteiger charge is 2.08. The van der Waals surface area contributed by atoms with E-state index in [0.717, 1.165) is 6.54 Å². The van der Waals surface area contributed by atoms with Crippen molar-refractivity contribution in [1.82, 2.24) is 10.3 Å². The molecule has 80 valence electrons. The minimum absolute atomic E-state index is 0.555. The molecular formula is C11H20N2S. The summed E-state index contributed by atoms with van der Waals surface area (Å²) in [6.07, 6.45) is 0. The Labute approximate surface area is 90.8 Å². The highest BCUT2D eigenvalue weighted by molar-refractivity contribution is 7.11. The Morgan fingerprint density at radius 3 is 2.36 bits per heavy atom. The Balaban J connectivity index is 2.46. The summed E-state index contributed by atoms with van der Waals surface area (Å²) in [7, 11) is 0. The summed E-state index contributed by atoms with van der Waals surface area (Å²) < 4.78 is 0. The second kappa shape index (κ2) is 4.89. The van der Waals surface area contributed by atoms with Crippen molar-refractivity contribution in [1.29, 1.82) is 0 Å². The van der Waals surface area contributed by atoms with E-state index in [1.807, 2.05) is 0 Å². The zero-order valence-electron chi connectivity index (χ0n) is 9.72. The van der Waals surface area contributed by atoms with Crippen molar-refractivity contribution in [3.05, 3.63) is 15.6 Å². The lowest BCUT2D eigenvalue weighted by Crippen LogP contribution is -2.30. The van der Waals surface area contributed by atoms with Crippen molar-refractivity contribution in [2.45, 2.75) is 47.2 Å². The number of nitrogens with one attached hydrogen (secondary N) is 1. The topological polar surface area (TPSA) is 24.9 Å². The molecule has 0 radical (unpaired) electrons. The smallest absolute Gasteiger partial charge is 0.107 e. The van der Waals surface area contributed by atoms with Crippen molar-refractivity contribution in [2.75, 3.05) is 0 Å². The van der Waals surface area contributed by atoms with Gasteiger partial charge in [0.2, 0.25) is 0 Å². The van der Waals surface area contributed by atoms with Crippen LogP contribution in [0.1, 0.15) is 36.3 Å². The van der Waals surface area contributed by atoms with Gasteiger partial charge in [0.25, 0.3) is 0 Å². The van der Waals surface area contributed by atoms with Crippen molar-refractivity contribution in [3.63, 3.8) is 0 Å².